The first kappa shape index (κ1) is 22.2. The van der Waals surface area contributed by atoms with Gasteiger partial charge in [0.15, 0.2) is 34.8 Å². The monoisotopic (exact) mass is 530 g/mol. The van der Waals surface area contributed by atoms with Crippen LogP contribution >= 0.6 is 45.9 Å². The van der Waals surface area contributed by atoms with Crippen molar-refractivity contribution in [1.29, 1.82) is 0 Å². The second kappa shape index (κ2) is 7.73. The minimum Gasteiger partial charge on any atom is -0.288 e. The summed E-state index contributed by atoms with van der Waals surface area (Å²) in [6.45, 7) is 0. The summed E-state index contributed by atoms with van der Waals surface area (Å²) >= 11 is 13.8. The summed E-state index contributed by atoms with van der Waals surface area (Å²) in [5, 5.41) is 0.269. The van der Waals surface area contributed by atoms with Crippen LogP contribution in [-0.4, -0.2) is 11.6 Å². The van der Waals surface area contributed by atoms with Crippen LogP contribution in [0.2, 0.25) is 10.0 Å². The lowest BCUT2D eigenvalue weighted by Gasteiger charge is -2.05. The van der Waals surface area contributed by atoms with Gasteiger partial charge in [0.05, 0.1) is 21.2 Å². The highest BCUT2D eigenvalue weighted by molar-refractivity contribution is 7.29. The lowest BCUT2D eigenvalue weighted by atomic mass is 10.1. The third-order valence-electron chi connectivity index (χ3n) is 5.01. The molecule has 0 atom stereocenters. The molecule has 1 aliphatic rings. The van der Waals surface area contributed by atoms with Crippen molar-refractivity contribution in [2.45, 2.75) is 0 Å². The number of halogens is 7. The molecule has 0 spiro atoms. The summed E-state index contributed by atoms with van der Waals surface area (Å²) in [4.78, 5) is 25.7. The molecule has 2 nitrogen and oxygen atoms in total. The first-order valence-corrected chi connectivity index (χ1v) is 11.3. The van der Waals surface area contributed by atoms with E-state index in [4.69, 9.17) is 23.2 Å². The molecule has 0 N–H and O–H groups in total. The standard InChI is InChI=1S/C22H5Cl2F5O2S2/c23-10-3-7-8(4-11(10)24)22(31)9(21(7)30)1-6-2-12-13(32-6)5-14(33-12)15-16(25)18(27)20(29)19(28)17(15)26/h1-5H. The van der Waals surface area contributed by atoms with Gasteiger partial charge in [-0.05, 0) is 30.3 Å². The number of hydrogen-bond acceptors (Lipinski definition) is 4. The first-order valence-electron chi connectivity index (χ1n) is 8.93. The molecular formula is C22H5Cl2F5O2S2. The van der Waals surface area contributed by atoms with E-state index in [1.165, 1.54) is 24.3 Å². The smallest absolute Gasteiger partial charge is 0.200 e. The van der Waals surface area contributed by atoms with Gasteiger partial charge in [-0.3, -0.25) is 9.59 Å². The number of benzene rings is 2. The van der Waals surface area contributed by atoms with Crippen LogP contribution in [0.3, 0.4) is 0 Å². The molecule has 0 unspecified atom stereocenters. The minimum atomic E-state index is -2.23. The number of rotatable bonds is 2. The first-order chi connectivity index (χ1) is 15.6. The van der Waals surface area contributed by atoms with Crippen LogP contribution in [0.15, 0.2) is 29.8 Å². The molecule has 11 heteroatoms. The SMILES string of the molecule is O=C1C(=Cc2cc3sc(-c4c(F)c(F)c(F)c(F)c4F)cc3s2)C(=O)c2cc(Cl)c(Cl)cc21. The highest BCUT2D eigenvalue weighted by atomic mass is 35.5. The Morgan fingerprint density at radius 1 is 0.667 bits per heavy atom. The van der Waals surface area contributed by atoms with Crippen molar-refractivity contribution in [3.63, 3.8) is 0 Å². The number of fused-ring (bicyclic) bond motifs is 2. The lowest BCUT2D eigenvalue weighted by Crippen LogP contribution is -2.03. The Balaban J connectivity index is 1.55. The zero-order valence-corrected chi connectivity index (χ0v) is 18.8. The maximum Gasteiger partial charge on any atom is 0.200 e. The highest BCUT2D eigenvalue weighted by Gasteiger charge is 2.34. The van der Waals surface area contributed by atoms with Crippen LogP contribution in [0.25, 0.3) is 25.9 Å². The van der Waals surface area contributed by atoms with Crippen molar-refractivity contribution in [1.82, 2.24) is 0 Å². The van der Waals surface area contributed by atoms with Crippen LogP contribution in [0.4, 0.5) is 22.0 Å². The van der Waals surface area contributed by atoms with Gasteiger partial charge in [-0.1, -0.05) is 23.2 Å². The highest BCUT2D eigenvalue weighted by Crippen LogP contribution is 2.42. The van der Waals surface area contributed by atoms with E-state index in [1.54, 1.807) is 6.07 Å². The van der Waals surface area contributed by atoms with E-state index < -0.39 is 46.2 Å². The van der Waals surface area contributed by atoms with Gasteiger partial charge in [0.25, 0.3) is 0 Å². The Kier molecular flexibility index (Phi) is 5.20. The molecule has 0 fully saturated rings. The maximum atomic E-state index is 14.1. The van der Waals surface area contributed by atoms with E-state index >= 15 is 0 Å². The third kappa shape index (κ3) is 3.33. The topological polar surface area (TPSA) is 34.1 Å². The average Bonchev–Trinajstić information content (AvgIpc) is 3.39. The van der Waals surface area contributed by atoms with Crippen molar-refractivity contribution in [2.75, 3.05) is 0 Å². The fourth-order valence-electron chi connectivity index (χ4n) is 3.46. The van der Waals surface area contributed by atoms with Crippen molar-refractivity contribution >= 4 is 72.9 Å². The summed E-state index contributed by atoms with van der Waals surface area (Å²) < 4.78 is 69.6. The molecule has 33 heavy (non-hydrogen) atoms. The Hall–Kier alpha value is -2.59. The molecule has 0 bridgehead atoms. The largest absolute Gasteiger partial charge is 0.288 e. The molecule has 0 saturated carbocycles. The van der Waals surface area contributed by atoms with E-state index in [0.29, 0.717) is 14.3 Å². The zero-order valence-electron chi connectivity index (χ0n) is 15.7. The summed E-state index contributed by atoms with van der Waals surface area (Å²) in [5.41, 5.74) is -0.845. The van der Waals surface area contributed by atoms with E-state index in [-0.39, 0.29) is 31.6 Å². The molecule has 0 amide bonds. The fraction of sp³-hybridized carbons (Fsp3) is 0. The predicted molar refractivity (Wildman–Crippen MR) is 118 cm³/mol. The molecule has 2 aromatic carbocycles. The van der Waals surface area contributed by atoms with E-state index in [2.05, 4.69) is 0 Å². The van der Waals surface area contributed by atoms with Gasteiger partial charge in [0, 0.05) is 30.3 Å². The molecule has 2 aromatic heterocycles. The van der Waals surface area contributed by atoms with E-state index in [9.17, 15) is 31.5 Å². The molecule has 0 aliphatic heterocycles. The minimum absolute atomic E-state index is 0.0998. The quantitative estimate of drug-likeness (QED) is 0.0862. The van der Waals surface area contributed by atoms with Gasteiger partial charge in [-0.15, -0.1) is 22.7 Å². The third-order valence-corrected chi connectivity index (χ3v) is 7.99. The molecular weight excluding hydrogens is 526 g/mol. The van der Waals surface area contributed by atoms with Crippen molar-refractivity contribution < 1.29 is 31.5 Å². The van der Waals surface area contributed by atoms with Crippen molar-refractivity contribution in [2.24, 2.45) is 0 Å². The van der Waals surface area contributed by atoms with Crippen molar-refractivity contribution in [3.05, 3.63) is 85.0 Å². The number of carbonyl (C=O) groups excluding carboxylic acids is 2. The Labute approximate surface area is 199 Å². The van der Waals surface area contributed by atoms with Crippen LogP contribution in [0.5, 0.6) is 0 Å². The van der Waals surface area contributed by atoms with Gasteiger partial charge in [-0.2, -0.15) is 0 Å². The van der Waals surface area contributed by atoms with Crippen LogP contribution in [0.1, 0.15) is 25.6 Å². The van der Waals surface area contributed by atoms with Crippen LogP contribution in [0, 0.1) is 29.1 Å². The molecule has 0 saturated heterocycles. The maximum absolute atomic E-state index is 14.1. The summed E-state index contributed by atoms with van der Waals surface area (Å²) in [6, 6.07) is 5.49. The molecule has 4 aromatic rings. The van der Waals surface area contributed by atoms with Crippen molar-refractivity contribution in [3.8, 4) is 10.4 Å². The second-order valence-electron chi connectivity index (χ2n) is 6.96. The molecule has 166 valence electrons. The van der Waals surface area contributed by atoms with Gasteiger partial charge in [0.1, 0.15) is 0 Å². The van der Waals surface area contributed by atoms with E-state index in [1.807, 2.05) is 0 Å². The predicted octanol–water partition coefficient (Wildman–Crippen LogP) is 8.09. The van der Waals surface area contributed by atoms with Gasteiger partial charge in [-0.25, -0.2) is 22.0 Å². The Morgan fingerprint density at radius 2 is 1.15 bits per heavy atom. The summed E-state index contributed by atoms with van der Waals surface area (Å²) in [6.07, 6.45) is 1.38. The lowest BCUT2D eigenvalue weighted by molar-refractivity contribution is 0.0990. The van der Waals surface area contributed by atoms with E-state index in [0.717, 1.165) is 22.7 Å². The van der Waals surface area contributed by atoms with Gasteiger partial charge in [0.2, 0.25) is 5.82 Å². The normalized spacial score (nSPS) is 13.4. The average molecular weight is 531 g/mol. The number of thiophene rings is 2. The number of ketones is 2. The van der Waals surface area contributed by atoms with Crippen LogP contribution < -0.4 is 0 Å². The molecule has 2 heterocycles. The second-order valence-corrected chi connectivity index (χ2v) is 9.97. The Bertz CT molecular complexity index is 1480. The molecule has 5 rings (SSSR count). The molecule has 0 radical (unpaired) electrons. The number of carbonyl (C=O) groups is 2. The number of Topliss-reactive ketones (excluding diaryl/α,β-unsaturated/α-hetero) is 2. The number of allylic oxidation sites excluding steroid dienone is 1. The summed E-state index contributed by atoms with van der Waals surface area (Å²) in [7, 11) is 0. The summed E-state index contributed by atoms with van der Waals surface area (Å²) in [5.74, 6) is -11.1. The number of hydrogen-bond donors (Lipinski definition) is 0. The Morgan fingerprint density at radius 3 is 1.67 bits per heavy atom. The van der Waals surface area contributed by atoms with Gasteiger partial charge < -0.3 is 0 Å². The fourth-order valence-corrected chi connectivity index (χ4v) is 6.17. The molecule has 1 aliphatic carbocycles. The van der Waals surface area contributed by atoms with Crippen LogP contribution in [-0.2, 0) is 0 Å². The van der Waals surface area contributed by atoms with Gasteiger partial charge >= 0.3 is 0 Å². The zero-order chi connectivity index (χ0) is 23.8.